The van der Waals surface area contributed by atoms with E-state index in [2.05, 4.69) is 0 Å². The average Bonchev–Trinajstić information content (AvgIpc) is 2.39. The van der Waals surface area contributed by atoms with E-state index in [0.29, 0.717) is 6.42 Å². The van der Waals surface area contributed by atoms with Gasteiger partial charge in [-0.05, 0) is 12.0 Å². The number of hydrogen-bond acceptors (Lipinski definition) is 1. The molecule has 1 aliphatic carbocycles. The molecule has 17 heavy (non-hydrogen) atoms. The van der Waals surface area contributed by atoms with Crippen molar-refractivity contribution in [3.05, 3.63) is 54.0 Å². The Morgan fingerprint density at radius 1 is 1.00 bits per heavy atom. The summed E-state index contributed by atoms with van der Waals surface area (Å²) in [5, 5.41) is 0. The van der Waals surface area contributed by atoms with Crippen LogP contribution in [0.1, 0.15) is 29.0 Å². The van der Waals surface area contributed by atoms with Crippen LogP contribution in [0.2, 0.25) is 0 Å². The predicted molar refractivity (Wildman–Crippen MR) is 65.8 cm³/mol. The van der Waals surface area contributed by atoms with Crippen LogP contribution in [-0.2, 0) is 6.42 Å². The van der Waals surface area contributed by atoms with E-state index in [1.165, 1.54) is 0 Å². The molecule has 1 aromatic carbocycles. The van der Waals surface area contributed by atoms with Crippen molar-refractivity contribution in [2.75, 3.05) is 0 Å². The van der Waals surface area contributed by atoms with Gasteiger partial charge in [0, 0.05) is 18.1 Å². The lowest BCUT2D eigenvalue weighted by molar-refractivity contribution is 0.0967. The number of benzene rings is 1. The van der Waals surface area contributed by atoms with E-state index < -0.39 is 0 Å². The highest BCUT2D eigenvalue weighted by atomic mass is 16.3. The molecule has 0 spiro atoms. The summed E-state index contributed by atoms with van der Waals surface area (Å²) in [5.41, 5.74) is 2.86. The summed E-state index contributed by atoms with van der Waals surface area (Å²) >= 11 is 0. The second kappa shape index (κ2) is 4.13. The minimum Gasteiger partial charge on any atom is -0.294 e. The van der Waals surface area contributed by atoms with Gasteiger partial charge in [0.25, 0.3) is 0 Å². The second-order valence-corrected chi connectivity index (χ2v) is 4.28. The minimum atomic E-state index is 0.203. The van der Waals surface area contributed by atoms with Crippen molar-refractivity contribution in [3.63, 3.8) is 0 Å². The first-order chi connectivity index (χ1) is 8.36. The number of ketones is 1. The molecular weight excluding hydrogens is 212 g/mol. The third-order valence-electron chi connectivity index (χ3n) is 3.16. The SMILES string of the molecule is O=C1CCCc2[o+]ccc(-c3ccccc3)c21. The van der Waals surface area contributed by atoms with Gasteiger partial charge in [-0.3, -0.25) is 4.79 Å². The zero-order valence-corrected chi connectivity index (χ0v) is 9.48. The first kappa shape index (κ1) is 10.2. The number of hydrogen-bond donors (Lipinski definition) is 0. The summed E-state index contributed by atoms with van der Waals surface area (Å²) in [6.07, 6.45) is 4.07. The van der Waals surface area contributed by atoms with Crippen LogP contribution in [0.5, 0.6) is 0 Å². The molecule has 0 amide bonds. The summed E-state index contributed by atoms with van der Waals surface area (Å²) in [5.74, 6) is 1.04. The molecule has 2 nitrogen and oxygen atoms in total. The van der Waals surface area contributed by atoms with Gasteiger partial charge in [0.2, 0.25) is 0 Å². The maximum absolute atomic E-state index is 12.0. The molecule has 0 atom stereocenters. The highest BCUT2D eigenvalue weighted by Crippen LogP contribution is 2.31. The van der Waals surface area contributed by atoms with Crippen LogP contribution in [-0.4, -0.2) is 5.78 Å². The Bertz CT molecular complexity index is 558. The van der Waals surface area contributed by atoms with Crippen LogP contribution in [0, 0.1) is 0 Å². The summed E-state index contributed by atoms with van der Waals surface area (Å²) in [7, 11) is 0. The van der Waals surface area contributed by atoms with E-state index in [0.717, 1.165) is 35.3 Å². The summed E-state index contributed by atoms with van der Waals surface area (Å²) in [4.78, 5) is 12.0. The molecule has 0 radical (unpaired) electrons. The number of fused-ring (bicyclic) bond motifs is 1. The van der Waals surface area contributed by atoms with Gasteiger partial charge in [0.05, 0.1) is 6.42 Å². The van der Waals surface area contributed by atoms with Crippen molar-refractivity contribution in [2.24, 2.45) is 0 Å². The van der Waals surface area contributed by atoms with Crippen molar-refractivity contribution in [3.8, 4) is 11.1 Å². The van der Waals surface area contributed by atoms with Crippen molar-refractivity contribution < 1.29 is 9.21 Å². The van der Waals surface area contributed by atoms with Gasteiger partial charge in [-0.15, -0.1) is 0 Å². The smallest absolute Gasteiger partial charge is 0.294 e. The lowest BCUT2D eigenvalue weighted by Gasteiger charge is -2.10. The molecule has 1 heterocycles. The largest absolute Gasteiger partial charge is 0.340 e. The molecule has 2 heteroatoms. The van der Waals surface area contributed by atoms with Crippen LogP contribution in [0.15, 0.2) is 47.1 Å². The lowest BCUT2D eigenvalue weighted by atomic mass is 9.89. The summed E-state index contributed by atoms with van der Waals surface area (Å²) in [6, 6.07) is 11.9. The third kappa shape index (κ3) is 1.76. The fourth-order valence-electron chi connectivity index (χ4n) is 2.36. The Hall–Kier alpha value is -1.96. The van der Waals surface area contributed by atoms with E-state index in [4.69, 9.17) is 4.42 Å². The molecule has 0 saturated carbocycles. The number of aryl methyl sites for hydroxylation is 1. The molecule has 0 aliphatic heterocycles. The van der Waals surface area contributed by atoms with Crippen LogP contribution in [0.4, 0.5) is 0 Å². The van der Waals surface area contributed by atoms with Crippen molar-refractivity contribution in [2.45, 2.75) is 19.3 Å². The fraction of sp³-hybridized carbons (Fsp3) is 0.200. The lowest BCUT2D eigenvalue weighted by Crippen LogP contribution is -2.12. The highest BCUT2D eigenvalue weighted by Gasteiger charge is 2.29. The van der Waals surface area contributed by atoms with Crippen LogP contribution >= 0.6 is 0 Å². The van der Waals surface area contributed by atoms with E-state index in [1.807, 2.05) is 36.4 Å². The molecule has 1 aromatic heterocycles. The van der Waals surface area contributed by atoms with E-state index >= 15 is 0 Å². The van der Waals surface area contributed by atoms with Gasteiger partial charge in [-0.2, -0.15) is 0 Å². The molecule has 0 unspecified atom stereocenters. The predicted octanol–water partition coefficient (Wildman–Crippen LogP) is 3.75. The van der Waals surface area contributed by atoms with Gasteiger partial charge in [-0.25, -0.2) is 4.42 Å². The van der Waals surface area contributed by atoms with Gasteiger partial charge in [0.15, 0.2) is 5.78 Å². The Morgan fingerprint density at radius 2 is 1.82 bits per heavy atom. The summed E-state index contributed by atoms with van der Waals surface area (Å²) in [6.45, 7) is 0. The fourth-order valence-corrected chi connectivity index (χ4v) is 2.36. The first-order valence-corrected chi connectivity index (χ1v) is 5.88. The summed E-state index contributed by atoms with van der Waals surface area (Å²) < 4.78 is 5.46. The van der Waals surface area contributed by atoms with E-state index in [1.54, 1.807) is 6.26 Å². The number of rotatable bonds is 1. The van der Waals surface area contributed by atoms with Crippen molar-refractivity contribution >= 4 is 5.78 Å². The normalized spacial score (nSPS) is 14.5. The molecule has 0 N–H and O–H groups in total. The number of carbonyl (C=O) groups excluding carboxylic acids is 1. The van der Waals surface area contributed by atoms with Crippen LogP contribution in [0.3, 0.4) is 0 Å². The molecule has 1 aliphatic rings. The molecule has 84 valence electrons. The molecule has 2 aromatic rings. The number of Topliss-reactive ketones (excluding diaryl/α,β-unsaturated/α-hetero) is 1. The van der Waals surface area contributed by atoms with Crippen molar-refractivity contribution in [1.82, 2.24) is 0 Å². The average molecular weight is 225 g/mol. The molecular formula is C15H13O2+. The standard InChI is InChI=1S/C15H13O2/c16-13-7-4-8-14-15(13)12(9-10-17-14)11-5-2-1-3-6-11/h1-3,5-6,9-10H,4,7-8H2/q+1. The van der Waals surface area contributed by atoms with Crippen LogP contribution < -0.4 is 0 Å². The molecule has 0 saturated heterocycles. The maximum atomic E-state index is 12.0. The zero-order valence-electron chi connectivity index (χ0n) is 9.48. The minimum absolute atomic E-state index is 0.203. The Balaban J connectivity index is 2.21. The highest BCUT2D eigenvalue weighted by molar-refractivity contribution is 6.03. The van der Waals surface area contributed by atoms with E-state index in [-0.39, 0.29) is 5.78 Å². The quantitative estimate of drug-likeness (QED) is 0.691. The van der Waals surface area contributed by atoms with Crippen molar-refractivity contribution in [1.29, 1.82) is 0 Å². The monoisotopic (exact) mass is 225 g/mol. The van der Waals surface area contributed by atoms with Gasteiger partial charge in [0.1, 0.15) is 5.56 Å². The Labute approximate surface area is 99.9 Å². The van der Waals surface area contributed by atoms with Gasteiger partial charge < -0.3 is 0 Å². The molecule has 3 rings (SSSR count). The van der Waals surface area contributed by atoms with Crippen LogP contribution in [0.25, 0.3) is 11.1 Å². The topological polar surface area (TPSA) is 28.4 Å². The molecule has 0 bridgehead atoms. The van der Waals surface area contributed by atoms with E-state index in [9.17, 15) is 4.79 Å². The first-order valence-electron chi connectivity index (χ1n) is 5.88. The maximum Gasteiger partial charge on any atom is 0.340 e. The third-order valence-corrected chi connectivity index (χ3v) is 3.16. The Kier molecular flexibility index (Phi) is 2.48. The Morgan fingerprint density at radius 3 is 2.65 bits per heavy atom. The zero-order chi connectivity index (χ0) is 11.7. The van der Waals surface area contributed by atoms with Gasteiger partial charge in [-0.1, -0.05) is 30.3 Å². The second-order valence-electron chi connectivity index (χ2n) is 4.28. The number of carbonyl (C=O) groups is 1. The van der Waals surface area contributed by atoms with Gasteiger partial charge >= 0.3 is 12.0 Å². The molecule has 0 fully saturated rings.